The number of hydrogen-bond acceptors (Lipinski definition) is 6. The van der Waals surface area contributed by atoms with E-state index in [1.165, 1.54) is 12.5 Å². The summed E-state index contributed by atoms with van der Waals surface area (Å²) in [6.45, 7) is 4.19. The Balaban J connectivity index is 2.04. The first-order valence-corrected chi connectivity index (χ1v) is 7.02. The van der Waals surface area contributed by atoms with Crippen LogP contribution in [0.1, 0.15) is 32.1 Å². The molecule has 0 saturated carbocycles. The van der Waals surface area contributed by atoms with Crippen LogP contribution in [0.25, 0.3) is 0 Å². The van der Waals surface area contributed by atoms with E-state index in [-0.39, 0.29) is 12.1 Å². The Bertz CT molecular complexity index is 551. The summed E-state index contributed by atoms with van der Waals surface area (Å²) in [5.74, 6) is 1.15. The van der Waals surface area contributed by atoms with E-state index >= 15 is 0 Å². The first-order chi connectivity index (χ1) is 9.56. The minimum atomic E-state index is -0.301. The molecule has 0 aromatic carbocycles. The zero-order chi connectivity index (χ0) is 14.5. The van der Waals surface area contributed by atoms with Crippen molar-refractivity contribution in [2.24, 2.45) is 13.0 Å². The molecule has 0 unspecified atom stereocenters. The normalized spacial score (nSPS) is 12.4. The highest BCUT2D eigenvalue weighted by Gasteiger charge is 2.20. The first kappa shape index (κ1) is 14.4. The van der Waals surface area contributed by atoms with Gasteiger partial charge in [-0.25, -0.2) is 9.78 Å². The van der Waals surface area contributed by atoms with Crippen molar-refractivity contribution in [1.29, 1.82) is 0 Å². The van der Waals surface area contributed by atoms with Gasteiger partial charge in [0, 0.05) is 18.6 Å². The van der Waals surface area contributed by atoms with Crippen molar-refractivity contribution in [3.05, 3.63) is 18.3 Å². The third kappa shape index (κ3) is 3.73. The molecule has 0 saturated heterocycles. The molecular formula is C11H17N7OS. The molecule has 2 heterocycles. The lowest BCUT2D eigenvalue weighted by molar-refractivity contribution is 0.245. The van der Waals surface area contributed by atoms with E-state index in [1.54, 1.807) is 4.68 Å². The van der Waals surface area contributed by atoms with Crippen LogP contribution < -0.4 is 10.6 Å². The second kappa shape index (κ2) is 6.42. The molecule has 0 bridgehead atoms. The maximum atomic E-state index is 12.0. The number of carbonyl (C=O) groups is 1. The van der Waals surface area contributed by atoms with Crippen LogP contribution in [0.4, 0.5) is 9.80 Å². The maximum absolute atomic E-state index is 12.0. The minimum absolute atomic E-state index is 0.191. The van der Waals surface area contributed by atoms with Crippen LogP contribution in [-0.2, 0) is 7.05 Å². The summed E-state index contributed by atoms with van der Waals surface area (Å²) in [5.41, 5.74) is 0. The molecule has 8 nitrogen and oxygen atoms in total. The Morgan fingerprint density at radius 1 is 1.50 bits per heavy atom. The van der Waals surface area contributed by atoms with Crippen LogP contribution in [0.15, 0.2) is 12.5 Å². The van der Waals surface area contributed by atoms with E-state index in [4.69, 9.17) is 0 Å². The molecule has 0 aliphatic heterocycles. The van der Waals surface area contributed by atoms with Crippen molar-refractivity contribution < 1.29 is 4.79 Å². The lowest BCUT2D eigenvalue weighted by Crippen LogP contribution is -2.34. The monoisotopic (exact) mass is 295 g/mol. The molecule has 0 radical (unpaired) electrons. The van der Waals surface area contributed by atoms with E-state index in [0.29, 0.717) is 10.9 Å². The topological polar surface area (TPSA) is 97.6 Å². The summed E-state index contributed by atoms with van der Waals surface area (Å²) < 4.78 is 5.36. The lowest BCUT2D eigenvalue weighted by atomic mass is 10.0. The van der Waals surface area contributed by atoms with Gasteiger partial charge in [-0.3, -0.25) is 10.00 Å². The number of hydrogen-bond donors (Lipinski definition) is 2. The van der Waals surface area contributed by atoms with Gasteiger partial charge in [0.05, 0.1) is 12.2 Å². The number of aryl methyl sites for hydroxylation is 1. The van der Waals surface area contributed by atoms with Crippen molar-refractivity contribution in [3.63, 3.8) is 0 Å². The average molecular weight is 295 g/mol. The summed E-state index contributed by atoms with van der Waals surface area (Å²) >= 11 is 1.13. The summed E-state index contributed by atoms with van der Waals surface area (Å²) in [6, 6.07) is -0.493. The fourth-order valence-corrected chi connectivity index (χ4v) is 2.26. The Kier molecular flexibility index (Phi) is 4.61. The summed E-state index contributed by atoms with van der Waals surface area (Å²) in [7, 11) is 1.81. The molecule has 9 heteroatoms. The number of urea groups is 1. The SMILES string of the molecule is CC(C)C[C@H](NC(=O)Nc1cnns1)c1ncnn1C. The molecule has 2 aromatic rings. The van der Waals surface area contributed by atoms with E-state index in [1.807, 2.05) is 7.05 Å². The summed E-state index contributed by atoms with van der Waals surface area (Å²) in [6.07, 6.45) is 3.76. The highest BCUT2D eigenvalue weighted by molar-refractivity contribution is 7.10. The fourth-order valence-electron chi connectivity index (χ4n) is 1.85. The van der Waals surface area contributed by atoms with Gasteiger partial charge in [-0.1, -0.05) is 18.3 Å². The Labute approximate surface area is 120 Å². The second-order valence-electron chi connectivity index (χ2n) is 4.80. The van der Waals surface area contributed by atoms with Crippen molar-refractivity contribution >= 4 is 22.6 Å². The molecule has 0 spiro atoms. The van der Waals surface area contributed by atoms with Crippen LogP contribution in [0.2, 0.25) is 0 Å². The van der Waals surface area contributed by atoms with Gasteiger partial charge in [0.15, 0.2) is 0 Å². The van der Waals surface area contributed by atoms with Crippen molar-refractivity contribution in [1.82, 2.24) is 29.7 Å². The van der Waals surface area contributed by atoms with E-state index < -0.39 is 0 Å². The molecule has 108 valence electrons. The fraction of sp³-hybridized carbons (Fsp3) is 0.545. The van der Waals surface area contributed by atoms with Gasteiger partial charge >= 0.3 is 6.03 Å². The molecule has 0 aliphatic carbocycles. The van der Waals surface area contributed by atoms with Crippen molar-refractivity contribution in [2.75, 3.05) is 5.32 Å². The average Bonchev–Trinajstić information content (AvgIpc) is 2.99. The number of aromatic nitrogens is 5. The quantitative estimate of drug-likeness (QED) is 0.872. The highest BCUT2D eigenvalue weighted by atomic mass is 32.1. The molecule has 0 fully saturated rings. The number of anilines is 1. The molecule has 0 aliphatic rings. The van der Waals surface area contributed by atoms with Gasteiger partial charge in [-0.15, -0.1) is 5.10 Å². The van der Waals surface area contributed by atoms with Gasteiger partial charge in [0.1, 0.15) is 17.2 Å². The lowest BCUT2D eigenvalue weighted by Gasteiger charge is -2.19. The maximum Gasteiger partial charge on any atom is 0.320 e. The van der Waals surface area contributed by atoms with E-state index in [2.05, 4.69) is 44.2 Å². The first-order valence-electron chi connectivity index (χ1n) is 6.25. The standard InChI is InChI=1S/C11H17N7OS/c1-7(2)4-8(10-12-6-14-18(10)3)15-11(19)16-9-5-13-17-20-9/h5-8H,4H2,1-3H3,(H2,15,16,19)/t8-/m0/s1. The second-order valence-corrected chi connectivity index (χ2v) is 5.59. The van der Waals surface area contributed by atoms with Gasteiger partial charge in [0.2, 0.25) is 0 Å². The molecule has 2 aromatic heterocycles. The van der Waals surface area contributed by atoms with Crippen molar-refractivity contribution in [3.8, 4) is 0 Å². The largest absolute Gasteiger partial charge is 0.328 e. The van der Waals surface area contributed by atoms with Crippen molar-refractivity contribution in [2.45, 2.75) is 26.3 Å². The molecular weight excluding hydrogens is 278 g/mol. The smallest absolute Gasteiger partial charge is 0.320 e. The van der Waals surface area contributed by atoms with Crippen LogP contribution in [0, 0.1) is 5.92 Å². The zero-order valence-electron chi connectivity index (χ0n) is 11.6. The van der Waals surface area contributed by atoms with Gasteiger partial charge in [-0.2, -0.15) is 5.10 Å². The highest BCUT2D eigenvalue weighted by Crippen LogP contribution is 2.19. The molecule has 2 amide bonds. The van der Waals surface area contributed by atoms with Crippen LogP contribution >= 0.6 is 11.5 Å². The number of nitrogens with zero attached hydrogens (tertiary/aromatic N) is 5. The van der Waals surface area contributed by atoms with Gasteiger partial charge in [-0.05, 0) is 12.3 Å². The Hall–Kier alpha value is -2.03. The third-order valence-corrected chi connectivity index (χ3v) is 3.25. The molecule has 2 N–H and O–H groups in total. The van der Waals surface area contributed by atoms with E-state index in [9.17, 15) is 4.79 Å². The van der Waals surface area contributed by atoms with Gasteiger partial charge < -0.3 is 5.32 Å². The van der Waals surface area contributed by atoms with Crippen LogP contribution in [0.3, 0.4) is 0 Å². The molecule has 2 rings (SSSR count). The van der Waals surface area contributed by atoms with Crippen LogP contribution in [0.5, 0.6) is 0 Å². The third-order valence-electron chi connectivity index (χ3n) is 2.67. The Morgan fingerprint density at radius 3 is 2.85 bits per heavy atom. The number of amides is 2. The number of carbonyl (C=O) groups excluding carboxylic acids is 1. The molecule has 20 heavy (non-hydrogen) atoms. The number of rotatable bonds is 5. The summed E-state index contributed by atoms with van der Waals surface area (Å²) in [5, 5.41) is 13.9. The van der Waals surface area contributed by atoms with Crippen LogP contribution in [-0.4, -0.2) is 30.4 Å². The van der Waals surface area contributed by atoms with E-state index in [0.717, 1.165) is 23.8 Å². The minimum Gasteiger partial charge on any atom is -0.328 e. The predicted molar refractivity (Wildman–Crippen MR) is 75.3 cm³/mol. The zero-order valence-corrected chi connectivity index (χ0v) is 12.4. The van der Waals surface area contributed by atoms with Gasteiger partial charge in [0.25, 0.3) is 0 Å². The predicted octanol–water partition coefficient (Wildman–Crippen LogP) is 1.58. The Morgan fingerprint density at radius 2 is 2.30 bits per heavy atom. The summed E-state index contributed by atoms with van der Waals surface area (Å²) in [4.78, 5) is 16.2. The molecule has 1 atom stereocenters. The number of nitrogens with one attached hydrogen (secondary N) is 2.